The summed E-state index contributed by atoms with van der Waals surface area (Å²) in [7, 11) is -1.12. The van der Waals surface area contributed by atoms with Crippen LogP contribution in [0.1, 0.15) is 32.1 Å². The van der Waals surface area contributed by atoms with E-state index in [1.54, 1.807) is 0 Å². The number of halogens is 3. The van der Waals surface area contributed by atoms with E-state index in [-0.39, 0.29) is 63.4 Å². The Kier molecular flexibility index (Phi) is 21.2. The van der Waals surface area contributed by atoms with Gasteiger partial charge in [-0.15, -0.1) is 6.04 Å². The zero-order valence-electron chi connectivity index (χ0n) is 9.69. The Labute approximate surface area is 133 Å². The van der Waals surface area contributed by atoms with Crippen molar-refractivity contribution in [3.8, 4) is 0 Å². The van der Waals surface area contributed by atoms with Gasteiger partial charge in [0.25, 0.3) is 0 Å². The first kappa shape index (κ1) is 25.7. The molecule has 0 amide bonds. The van der Waals surface area contributed by atoms with Crippen LogP contribution in [0.5, 0.6) is 0 Å². The summed E-state index contributed by atoms with van der Waals surface area (Å²) in [4.78, 5) is 4.91. The van der Waals surface area contributed by atoms with Crippen molar-refractivity contribution in [3.63, 3.8) is 0 Å². The summed E-state index contributed by atoms with van der Waals surface area (Å²) >= 11 is 0. The van der Waals surface area contributed by atoms with Crippen LogP contribution in [0.2, 0.25) is 19.6 Å². The largest absolute Gasteiger partial charge is 4.00 e. The van der Waals surface area contributed by atoms with E-state index in [0.29, 0.717) is 0 Å². The molecule has 1 rings (SSSR count). The molecule has 0 aliphatic heterocycles. The molecule has 0 spiro atoms. The van der Waals surface area contributed by atoms with E-state index in [4.69, 9.17) is 4.98 Å². The summed E-state index contributed by atoms with van der Waals surface area (Å²) in [5, 5.41) is 0. The van der Waals surface area contributed by atoms with Crippen molar-refractivity contribution in [2.24, 2.45) is 0 Å². The number of hydrogen-bond donors (Lipinski definition) is 0. The zero-order chi connectivity index (χ0) is 8.32. The van der Waals surface area contributed by atoms with Gasteiger partial charge in [-0.3, -0.25) is 0 Å². The maximum absolute atomic E-state index is 4.91. The summed E-state index contributed by atoms with van der Waals surface area (Å²) < 4.78 is 0. The predicted octanol–water partition coefficient (Wildman–Crippen LogP) is -5.46. The molecule has 0 saturated heterocycles. The third kappa shape index (κ3) is 13.9. The van der Waals surface area contributed by atoms with Gasteiger partial charge in [-0.05, 0) is 0 Å². The van der Waals surface area contributed by atoms with Crippen molar-refractivity contribution >= 4 is 8.24 Å². The minimum absolute atomic E-state index is 0. The molecule has 15 heavy (non-hydrogen) atoms. The maximum Gasteiger partial charge on any atom is 4.00 e. The second kappa shape index (κ2) is 12.4. The first-order valence-corrected chi connectivity index (χ1v) is 8.25. The third-order valence-electron chi connectivity index (χ3n) is 2.14. The Morgan fingerprint density at radius 3 is 1.60 bits per heavy atom. The zero-order valence-corrected chi connectivity index (χ0v) is 15.4. The van der Waals surface area contributed by atoms with Crippen LogP contribution in [-0.2, 0) is 26.2 Å². The van der Waals surface area contributed by atoms with Gasteiger partial charge < -0.3 is 42.2 Å². The third-order valence-corrected chi connectivity index (χ3v) is 3.28. The number of nitrogens with zero attached hydrogens (tertiary/aromatic N) is 1. The molecule has 0 heterocycles. The first-order chi connectivity index (χ1) is 5.08. The molecule has 1 aliphatic rings. The van der Waals surface area contributed by atoms with Gasteiger partial charge in [-0.25, -0.2) is 0 Å². The molecule has 1 nitrogen and oxygen atoms in total. The fourth-order valence-electron chi connectivity index (χ4n) is 1.76. The van der Waals surface area contributed by atoms with Gasteiger partial charge in [0.1, 0.15) is 0 Å². The Morgan fingerprint density at radius 1 is 0.867 bits per heavy atom. The predicted molar refractivity (Wildman–Crippen MR) is 53.6 cm³/mol. The molecule has 6 heteroatoms. The van der Waals surface area contributed by atoms with Crippen LogP contribution in [0, 0.1) is 0 Å². The maximum atomic E-state index is 4.91. The van der Waals surface area contributed by atoms with Gasteiger partial charge in [-0.2, -0.15) is 0 Å². The summed E-state index contributed by atoms with van der Waals surface area (Å²) in [5.41, 5.74) is 0. The Bertz CT molecular complexity index is 127. The molecular formula is C9H20Cl3NSiZr. The molecule has 1 fully saturated rings. The first-order valence-electron chi connectivity index (χ1n) is 4.80. The summed E-state index contributed by atoms with van der Waals surface area (Å²) in [6, 6.07) is 0.732. The molecule has 0 aromatic heterocycles. The standard InChI is InChI=1S/C9H20NSi.3ClH.Zr/c1-11(2,3)10-9-7-5-4-6-8-9;;;;/h9H,4-8H2,1-3H3;3*1H;/q-1;;;;+4/p-3. The normalized spacial score (nSPS) is 16.2. The number of hydrogen-bond acceptors (Lipinski definition) is 0. The molecule has 0 N–H and O–H groups in total. The smallest absolute Gasteiger partial charge is 1.00 e. The van der Waals surface area contributed by atoms with E-state index < -0.39 is 8.24 Å². The van der Waals surface area contributed by atoms with Crippen molar-refractivity contribution in [1.29, 1.82) is 0 Å². The summed E-state index contributed by atoms with van der Waals surface area (Å²) in [5.74, 6) is 0. The van der Waals surface area contributed by atoms with Crippen molar-refractivity contribution in [2.45, 2.75) is 57.8 Å². The van der Waals surface area contributed by atoms with Gasteiger partial charge in [0.15, 0.2) is 0 Å². The minimum atomic E-state index is -1.12. The second-order valence-corrected chi connectivity index (χ2v) is 9.19. The monoisotopic (exact) mass is 365 g/mol. The van der Waals surface area contributed by atoms with Crippen molar-refractivity contribution < 1.29 is 63.4 Å². The Hall–Kier alpha value is 1.93. The van der Waals surface area contributed by atoms with Crippen LogP contribution < -0.4 is 37.2 Å². The van der Waals surface area contributed by atoms with Crippen LogP contribution in [0.3, 0.4) is 0 Å². The second-order valence-electron chi connectivity index (χ2n) is 4.59. The van der Waals surface area contributed by atoms with Gasteiger partial charge in [0.05, 0.1) is 0 Å². The van der Waals surface area contributed by atoms with Crippen LogP contribution >= 0.6 is 0 Å². The van der Waals surface area contributed by atoms with Gasteiger partial charge in [-0.1, -0.05) is 60.0 Å². The molecule has 0 atom stereocenters. The van der Waals surface area contributed by atoms with Crippen molar-refractivity contribution in [2.75, 3.05) is 0 Å². The van der Waals surface area contributed by atoms with Crippen molar-refractivity contribution in [3.05, 3.63) is 4.98 Å². The van der Waals surface area contributed by atoms with Gasteiger partial charge in [0.2, 0.25) is 0 Å². The van der Waals surface area contributed by atoms with Gasteiger partial charge >= 0.3 is 26.2 Å². The molecule has 0 unspecified atom stereocenters. The average molecular weight is 368 g/mol. The van der Waals surface area contributed by atoms with Crippen LogP contribution in [0.4, 0.5) is 0 Å². The van der Waals surface area contributed by atoms with E-state index in [9.17, 15) is 0 Å². The van der Waals surface area contributed by atoms with E-state index in [1.807, 2.05) is 0 Å². The fraction of sp³-hybridized carbons (Fsp3) is 1.00. The molecule has 1 saturated carbocycles. The minimum Gasteiger partial charge on any atom is -1.00 e. The summed E-state index contributed by atoms with van der Waals surface area (Å²) in [6.07, 6.45) is 7.00. The van der Waals surface area contributed by atoms with E-state index in [1.165, 1.54) is 32.1 Å². The molecule has 90 valence electrons. The summed E-state index contributed by atoms with van der Waals surface area (Å²) in [6.45, 7) is 7.00. The SMILES string of the molecule is C[Si](C)(C)[N-]C1CCCCC1.[Cl-].[Cl-].[Cl-].[Zr+4]. The quantitative estimate of drug-likeness (QED) is 0.433. The van der Waals surface area contributed by atoms with Crippen LogP contribution in [0.15, 0.2) is 0 Å². The topological polar surface area (TPSA) is 14.1 Å². The molecule has 0 radical (unpaired) electrons. The van der Waals surface area contributed by atoms with E-state index in [2.05, 4.69) is 19.6 Å². The van der Waals surface area contributed by atoms with E-state index >= 15 is 0 Å². The molecule has 0 aromatic rings. The van der Waals surface area contributed by atoms with Crippen molar-refractivity contribution in [1.82, 2.24) is 0 Å². The van der Waals surface area contributed by atoms with Crippen LogP contribution in [-0.4, -0.2) is 14.3 Å². The van der Waals surface area contributed by atoms with Gasteiger partial charge in [0, 0.05) is 0 Å². The molecule has 0 bridgehead atoms. The average Bonchev–Trinajstić information content (AvgIpc) is 1.85. The molecule has 1 aliphatic carbocycles. The molecule has 0 aromatic carbocycles. The number of rotatable bonds is 2. The van der Waals surface area contributed by atoms with Crippen LogP contribution in [0.25, 0.3) is 4.98 Å². The van der Waals surface area contributed by atoms with E-state index in [0.717, 1.165) is 6.04 Å². The Balaban J connectivity index is -0.000000151. The Morgan fingerprint density at radius 2 is 1.27 bits per heavy atom. The fourth-order valence-corrected chi connectivity index (χ4v) is 3.11. The molecular weight excluding hydrogens is 348 g/mol.